The zero-order chi connectivity index (χ0) is 17.6. The molecule has 128 valence electrons. The maximum absolute atomic E-state index is 12.0. The molecular weight excluding hydrogens is 324 g/mol. The van der Waals surface area contributed by atoms with Crippen molar-refractivity contribution in [1.82, 2.24) is 19.7 Å². The standard InChI is InChI=1S/C17H16N4O4/c1-3-21-8-11(15(22)19-17(21)23)14-18-16(25-20-14)12-7-10-6-4-5-9(2)13(10)24-12/h4-6,8,12H,3,7H2,1-2H3,(H,19,22,23). The van der Waals surface area contributed by atoms with Gasteiger partial charge in [-0.25, -0.2) is 4.79 Å². The molecule has 0 radical (unpaired) electrons. The van der Waals surface area contributed by atoms with Gasteiger partial charge in [0.05, 0.1) is 0 Å². The molecule has 1 aromatic carbocycles. The Balaban J connectivity index is 1.68. The molecule has 0 spiro atoms. The van der Waals surface area contributed by atoms with Gasteiger partial charge in [-0.3, -0.25) is 9.78 Å². The number of rotatable bonds is 3. The number of nitrogens with zero attached hydrogens (tertiary/aromatic N) is 3. The smallest absolute Gasteiger partial charge is 0.328 e. The van der Waals surface area contributed by atoms with Crippen molar-refractivity contribution >= 4 is 0 Å². The van der Waals surface area contributed by atoms with E-state index in [-0.39, 0.29) is 17.5 Å². The predicted molar refractivity (Wildman–Crippen MR) is 88.5 cm³/mol. The molecule has 1 aliphatic rings. The fraction of sp³-hybridized carbons (Fsp3) is 0.294. The lowest BCUT2D eigenvalue weighted by Crippen LogP contribution is -2.30. The molecule has 8 heteroatoms. The van der Waals surface area contributed by atoms with Crippen molar-refractivity contribution in [2.75, 3.05) is 0 Å². The average molecular weight is 340 g/mol. The fourth-order valence-electron chi connectivity index (χ4n) is 2.94. The largest absolute Gasteiger partial charge is 0.480 e. The Morgan fingerprint density at radius 2 is 2.20 bits per heavy atom. The molecule has 8 nitrogen and oxygen atoms in total. The minimum absolute atomic E-state index is 0.134. The van der Waals surface area contributed by atoms with E-state index in [0.29, 0.717) is 18.9 Å². The Morgan fingerprint density at radius 1 is 1.36 bits per heavy atom. The lowest BCUT2D eigenvalue weighted by Gasteiger charge is -2.06. The van der Waals surface area contributed by atoms with Crippen molar-refractivity contribution < 1.29 is 9.26 Å². The number of aryl methyl sites for hydroxylation is 2. The topological polar surface area (TPSA) is 103 Å². The number of aromatic nitrogens is 4. The molecule has 0 saturated carbocycles. The summed E-state index contributed by atoms with van der Waals surface area (Å²) in [6.07, 6.45) is 1.68. The van der Waals surface area contributed by atoms with Crippen LogP contribution in [0, 0.1) is 6.92 Å². The number of hydrogen-bond acceptors (Lipinski definition) is 6. The lowest BCUT2D eigenvalue weighted by atomic mass is 10.1. The molecular formula is C17H16N4O4. The fourth-order valence-corrected chi connectivity index (χ4v) is 2.94. The van der Waals surface area contributed by atoms with Gasteiger partial charge in [-0.05, 0) is 25.0 Å². The van der Waals surface area contributed by atoms with Crippen LogP contribution in [0.5, 0.6) is 5.75 Å². The van der Waals surface area contributed by atoms with Crippen LogP contribution in [-0.4, -0.2) is 19.7 Å². The Kier molecular flexibility index (Phi) is 3.52. The minimum Gasteiger partial charge on any atom is -0.480 e. The molecule has 3 heterocycles. The first-order valence-electron chi connectivity index (χ1n) is 7.99. The predicted octanol–water partition coefficient (Wildman–Crippen LogP) is 1.59. The number of ether oxygens (including phenoxy) is 1. The van der Waals surface area contributed by atoms with E-state index in [0.717, 1.165) is 16.9 Å². The van der Waals surface area contributed by atoms with Gasteiger partial charge in [-0.15, -0.1) is 0 Å². The second-order valence-electron chi connectivity index (χ2n) is 5.92. The molecule has 1 atom stereocenters. The molecule has 1 aliphatic heterocycles. The summed E-state index contributed by atoms with van der Waals surface area (Å²) in [5, 5.41) is 3.88. The third-order valence-electron chi connectivity index (χ3n) is 4.27. The van der Waals surface area contributed by atoms with Gasteiger partial charge in [0.2, 0.25) is 5.82 Å². The third-order valence-corrected chi connectivity index (χ3v) is 4.27. The number of nitrogens with one attached hydrogen (secondary N) is 1. The van der Waals surface area contributed by atoms with Gasteiger partial charge in [-0.1, -0.05) is 23.4 Å². The van der Waals surface area contributed by atoms with Gasteiger partial charge in [0, 0.05) is 19.2 Å². The Hall–Kier alpha value is -3.16. The summed E-state index contributed by atoms with van der Waals surface area (Å²) in [6, 6.07) is 5.96. The van der Waals surface area contributed by atoms with Crippen LogP contribution in [0.2, 0.25) is 0 Å². The molecule has 0 bridgehead atoms. The van der Waals surface area contributed by atoms with E-state index in [1.807, 2.05) is 25.1 Å². The highest BCUT2D eigenvalue weighted by Gasteiger charge is 2.30. The first-order valence-corrected chi connectivity index (χ1v) is 7.99. The van der Waals surface area contributed by atoms with Crippen LogP contribution in [0.1, 0.15) is 30.0 Å². The summed E-state index contributed by atoms with van der Waals surface area (Å²) in [5.41, 5.74) is 1.30. The average Bonchev–Trinajstić information content (AvgIpc) is 3.22. The number of fused-ring (bicyclic) bond motifs is 1. The SMILES string of the molecule is CCn1cc(-c2noc(C3Cc4cccc(C)c4O3)n2)c(=O)[nH]c1=O. The number of H-pyrrole nitrogens is 1. The monoisotopic (exact) mass is 340 g/mol. The number of para-hydroxylation sites is 1. The molecule has 4 rings (SSSR count). The third kappa shape index (κ3) is 2.55. The van der Waals surface area contributed by atoms with Crippen LogP contribution in [0.3, 0.4) is 0 Å². The highest BCUT2D eigenvalue weighted by atomic mass is 16.5. The van der Waals surface area contributed by atoms with E-state index in [2.05, 4.69) is 15.1 Å². The van der Waals surface area contributed by atoms with Crippen molar-refractivity contribution in [2.24, 2.45) is 0 Å². The van der Waals surface area contributed by atoms with E-state index >= 15 is 0 Å². The summed E-state index contributed by atoms with van der Waals surface area (Å²) in [5.74, 6) is 1.28. The second kappa shape index (κ2) is 5.73. The molecule has 2 aromatic heterocycles. The highest BCUT2D eigenvalue weighted by Crippen LogP contribution is 2.38. The maximum atomic E-state index is 12.0. The number of aromatic amines is 1. The first kappa shape index (κ1) is 15.4. The summed E-state index contributed by atoms with van der Waals surface area (Å²) < 4.78 is 12.6. The Bertz CT molecular complexity index is 1060. The van der Waals surface area contributed by atoms with Crippen LogP contribution < -0.4 is 16.0 Å². The van der Waals surface area contributed by atoms with Crippen LogP contribution in [0.25, 0.3) is 11.4 Å². The maximum Gasteiger partial charge on any atom is 0.328 e. The molecule has 1 N–H and O–H groups in total. The van der Waals surface area contributed by atoms with Gasteiger partial charge >= 0.3 is 5.69 Å². The molecule has 0 saturated heterocycles. The van der Waals surface area contributed by atoms with E-state index in [4.69, 9.17) is 9.26 Å². The Morgan fingerprint density at radius 3 is 2.96 bits per heavy atom. The lowest BCUT2D eigenvalue weighted by molar-refractivity contribution is 0.182. The van der Waals surface area contributed by atoms with Gasteiger partial charge in [-0.2, -0.15) is 4.98 Å². The Labute approximate surface area is 142 Å². The van der Waals surface area contributed by atoms with Crippen LogP contribution in [0.4, 0.5) is 0 Å². The normalized spacial score (nSPS) is 15.8. The molecule has 3 aromatic rings. The summed E-state index contributed by atoms with van der Waals surface area (Å²) in [7, 11) is 0. The number of benzene rings is 1. The molecule has 0 amide bonds. The van der Waals surface area contributed by atoms with Gasteiger partial charge in [0.1, 0.15) is 11.3 Å². The van der Waals surface area contributed by atoms with E-state index < -0.39 is 11.2 Å². The van der Waals surface area contributed by atoms with Crippen molar-refractivity contribution in [2.45, 2.75) is 32.9 Å². The molecule has 0 fully saturated rings. The van der Waals surface area contributed by atoms with Crippen LogP contribution in [-0.2, 0) is 13.0 Å². The van der Waals surface area contributed by atoms with Crippen molar-refractivity contribution in [3.8, 4) is 17.1 Å². The quantitative estimate of drug-likeness (QED) is 0.777. The van der Waals surface area contributed by atoms with E-state index in [1.165, 1.54) is 10.8 Å². The van der Waals surface area contributed by atoms with Crippen molar-refractivity contribution in [3.05, 3.63) is 62.3 Å². The highest BCUT2D eigenvalue weighted by molar-refractivity contribution is 5.51. The summed E-state index contributed by atoms with van der Waals surface area (Å²) in [4.78, 5) is 30.2. The van der Waals surface area contributed by atoms with Crippen molar-refractivity contribution in [3.63, 3.8) is 0 Å². The minimum atomic E-state index is -0.548. The number of hydrogen-bond donors (Lipinski definition) is 1. The van der Waals surface area contributed by atoms with E-state index in [1.54, 1.807) is 6.92 Å². The first-order chi connectivity index (χ1) is 12.1. The van der Waals surface area contributed by atoms with E-state index in [9.17, 15) is 9.59 Å². The zero-order valence-electron chi connectivity index (χ0n) is 13.8. The van der Waals surface area contributed by atoms with Gasteiger partial charge < -0.3 is 13.8 Å². The molecule has 1 unspecified atom stereocenters. The van der Waals surface area contributed by atoms with Crippen LogP contribution >= 0.6 is 0 Å². The van der Waals surface area contributed by atoms with Crippen molar-refractivity contribution in [1.29, 1.82) is 0 Å². The second-order valence-corrected chi connectivity index (χ2v) is 5.92. The van der Waals surface area contributed by atoms with Gasteiger partial charge in [0.15, 0.2) is 6.10 Å². The molecule has 25 heavy (non-hydrogen) atoms. The van der Waals surface area contributed by atoms with Gasteiger partial charge in [0.25, 0.3) is 11.4 Å². The molecule has 0 aliphatic carbocycles. The van der Waals surface area contributed by atoms with Crippen LogP contribution in [0.15, 0.2) is 38.5 Å². The zero-order valence-corrected chi connectivity index (χ0v) is 13.8. The summed E-state index contributed by atoms with van der Waals surface area (Å²) >= 11 is 0. The summed E-state index contributed by atoms with van der Waals surface area (Å²) in [6.45, 7) is 4.21.